The van der Waals surface area contributed by atoms with Crippen LogP contribution in [-0.4, -0.2) is 43.6 Å². The van der Waals surface area contributed by atoms with Gasteiger partial charge in [0, 0.05) is 20.6 Å². The van der Waals surface area contributed by atoms with Crippen LogP contribution in [0.5, 0.6) is 0 Å². The molecule has 104 valence electrons. The van der Waals surface area contributed by atoms with E-state index in [0.717, 1.165) is 25.8 Å². The van der Waals surface area contributed by atoms with Gasteiger partial charge in [0.15, 0.2) is 0 Å². The smallest absolute Gasteiger partial charge is 0.239 e. The molecule has 1 rings (SSSR count). The maximum Gasteiger partial charge on any atom is 0.239 e. The van der Waals surface area contributed by atoms with Gasteiger partial charge in [-0.05, 0) is 31.3 Å². The molecular formula is C14H26N2O2. The number of carbonyl (C=O) groups is 1. The van der Waals surface area contributed by atoms with Crippen molar-refractivity contribution in [3.05, 3.63) is 12.3 Å². The number of hydrogen-bond donors (Lipinski definition) is 1. The van der Waals surface area contributed by atoms with E-state index in [1.165, 1.54) is 0 Å². The lowest BCUT2D eigenvalue weighted by Gasteiger charge is -2.26. The van der Waals surface area contributed by atoms with Gasteiger partial charge in [0.05, 0.1) is 12.3 Å². The molecule has 4 heteroatoms. The fraction of sp³-hybridized carbons (Fsp3) is 0.786. The summed E-state index contributed by atoms with van der Waals surface area (Å²) in [6.07, 6.45) is 6.93. The van der Waals surface area contributed by atoms with Crippen LogP contribution in [0.3, 0.4) is 0 Å². The topological polar surface area (TPSA) is 41.6 Å². The van der Waals surface area contributed by atoms with Crippen molar-refractivity contribution in [3.63, 3.8) is 0 Å². The van der Waals surface area contributed by atoms with E-state index in [1.807, 2.05) is 6.08 Å². The van der Waals surface area contributed by atoms with Crippen LogP contribution in [0, 0.1) is 5.92 Å². The van der Waals surface area contributed by atoms with E-state index in [9.17, 15) is 4.79 Å². The third-order valence-corrected chi connectivity index (χ3v) is 3.06. The third-order valence-electron chi connectivity index (χ3n) is 3.06. The van der Waals surface area contributed by atoms with Gasteiger partial charge in [-0.15, -0.1) is 0 Å². The minimum atomic E-state index is -0.102. The summed E-state index contributed by atoms with van der Waals surface area (Å²) in [5.74, 6) is 0.647. The fourth-order valence-electron chi connectivity index (χ4n) is 2.06. The summed E-state index contributed by atoms with van der Waals surface area (Å²) in [7, 11) is 3.61. The molecule has 0 radical (unpaired) electrons. The zero-order chi connectivity index (χ0) is 13.5. The van der Waals surface area contributed by atoms with E-state index >= 15 is 0 Å². The van der Waals surface area contributed by atoms with Crippen LogP contribution in [0.4, 0.5) is 0 Å². The van der Waals surface area contributed by atoms with Crippen molar-refractivity contribution in [2.75, 3.05) is 20.6 Å². The average Bonchev–Trinajstić information content (AvgIpc) is 2.34. The lowest BCUT2D eigenvalue weighted by Crippen LogP contribution is -2.47. The molecule has 2 unspecified atom stereocenters. The monoisotopic (exact) mass is 254 g/mol. The molecule has 0 aromatic rings. The van der Waals surface area contributed by atoms with Gasteiger partial charge in [0.2, 0.25) is 5.91 Å². The molecule has 1 aliphatic rings. The van der Waals surface area contributed by atoms with Crippen LogP contribution in [0.25, 0.3) is 0 Å². The number of carbonyl (C=O) groups excluding carboxylic acids is 1. The maximum atomic E-state index is 12.1. The lowest BCUT2D eigenvalue weighted by atomic mass is 10.0. The highest BCUT2D eigenvalue weighted by Crippen LogP contribution is 2.11. The molecule has 0 aromatic carbocycles. The number of allylic oxidation sites excluding steroid dienone is 1. The molecule has 0 saturated carbocycles. The Morgan fingerprint density at radius 1 is 1.50 bits per heavy atom. The second-order valence-corrected chi connectivity index (χ2v) is 5.53. The zero-order valence-corrected chi connectivity index (χ0v) is 12.0. The number of amides is 1. The first kappa shape index (κ1) is 15.0. The van der Waals surface area contributed by atoms with Gasteiger partial charge in [-0.3, -0.25) is 4.79 Å². The summed E-state index contributed by atoms with van der Waals surface area (Å²) in [5.41, 5.74) is 0. The zero-order valence-electron chi connectivity index (χ0n) is 12.0. The molecule has 0 aliphatic carbocycles. The van der Waals surface area contributed by atoms with E-state index in [2.05, 4.69) is 19.2 Å². The Morgan fingerprint density at radius 3 is 2.72 bits per heavy atom. The van der Waals surface area contributed by atoms with Crippen molar-refractivity contribution in [2.45, 2.75) is 45.3 Å². The number of likely N-dealkylation sites (N-methyl/N-ethyl adjacent to an activating group) is 1. The summed E-state index contributed by atoms with van der Waals surface area (Å²) in [4.78, 5) is 13.7. The molecule has 2 atom stereocenters. The van der Waals surface area contributed by atoms with Gasteiger partial charge in [0.1, 0.15) is 6.10 Å². The van der Waals surface area contributed by atoms with Gasteiger partial charge in [0.25, 0.3) is 0 Å². The third kappa shape index (κ3) is 5.08. The number of rotatable bonds is 6. The Morgan fingerprint density at radius 2 is 2.22 bits per heavy atom. The molecule has 0 spiro atoms. The second kappa shape index (κ2) is 7.41. The van der Waals surface area contributed by atoms with E-state index in [-0.39, 0.29) is 18.1 Å². The first-order valence-corrected chi connectivity index (χ1v) is 6.75. The predicted molar refractivity (Wildman–Crippen MR) is 73.2 cm³/mol. The van der Waals surface area contributed by atoms with Gasteiger partial charge >= 0.3 is 0 Å². The number of ether oxygens (including phenoxy) is 1. The standard InChI is InChI=1S/C14H26N2O2/c1-11(2)9-13(14(17)16(3)4)15-10-12-7-5-6-8-18-12/h6,8,11-13,15H,5,7,9-10H2,1-4H3. The maximum absolute atomic E-state index is 12.1. The van der Waals surface area contributed by atoms with Gasteiger partial charge in [-0.1, -0.05) is 13.8 Å². The normalized spacial score (nSPS) is 20.6. The minimum absolute atomic E-state index is 0.102. The van der Waals surface area contributed by atoms with Crippen molar-refractivity contribution in [3.8, 4) is 0 Å². The number of hydrogen-bond acceptors (Lipinski definition) is 3. The molecule has 0 bridgehead atoms. The van der Waals surface area contributed by atoms with Crippen LogP contribution < -0.4 is 5.32 Å². The predicted octanol–water partition coefficient (Wildman–Crippen LogP) is 1.77. The Balaban J connectivity index is 2.44. The highest BCUT2D eigenvalue weighted by Gasteiger charge is 2.22. The molecular weight excluding hydrogens is 228 g/mol. The van der Waals surface area contributed by atoms with Crippen molar-refractivity contribution >= 4 is 5.91 Å². The first-order chi connectivity index (χ1) is 8.50. The van der Waals surface area contributed by atoms with Crippen LogP contribution >= 0.6 is 0 Å². The van der Waals surface area contributed by atoms with E-state index in [4.69, 9.17) is 4.74 Å². The average molecular weight is 254 g/mol. The molecule has 0 fully saturated rings. The fourth-order valence-corrected chi connectivity index (χ4v) is 2.06. The summed E-state index contributed by atoms with van der Waals surface area (Å²) in [6, 6.07) is -0.102. The molecule has 0 aromatic heterocycles. The number of nitrogens with zero attached hydrogens (tertiary/aromatic N) is 1. The van der Waals surface area contributed by atoms with Gasteiger partial charge < -0.3 is 15.0 Å². The summed E-state index contributed by atoms with van der Waals surface area (Å²) in [6.45, 7) is 5.01. The molecule has 1 N–H and O–H groups in total. The second-order valence-electron chi connectivity index (χ2n) is 5.53. The summed E-state index contributed by atoms with van der Waals surface area (Å²) >= 11 is 0. The Kier molecular flexibility index (Phi) is 6.19. The van der Waals surface area contributed by atoms with Gasteiger partial charge in [-0.2, -0.15) is 0 Å². The molecule has 1 amide bonds. The van der Waals surface area contributed by atoms with Crippen molar-refractivity contribution in [1.29, 1.82) is 0 Å². The highest BCUT2D eigenvalue weighted by molar-refractivity contribution is 5.81. The summed E-state index contributed by atoms with van der Waals surface area (Å²) < 4.78 is 5.51. The van der Waals surface area contributed by atoms with Crippen molar-refractivity contribution < 1.29 is 9.53 Å². The molecule has 1 heterocycles. The molecule has 4 nitrogen and oxygen atoms in total. The van der Waals surface area contributed by atoms with Crippen molar-refractivity contribution in [2.24, 2.45) is 5.92 Å². The van der Waals surface area contributed by atoms with E-state index < -0.39 is 0 Å². The lowest BCUT2D eigenvalue weighted by molar-refractivity contribution is -0.131. The Bertz CT molecular complexity index is 288. The van der Waals surface area contributed by atoms with Crippen molar-refractivity contribution in [1.82, 2.24) is 10.2 Å². The quantitative estimate of drug-likeness (QED) is 0.785. The number of nitrogens with one attached hydrogen (secondary N) is 1. The largest absolute Gasteiger partial charge is 0.497 e. The summed E-state index contributed by atoms with van der Waals surface area (Å²) in [5, 5.41) is 3.35. The molecule has 0 saturated heterocycles. The van der Waals surface area contributed by atoms with Crippen LogP contribution in [0.1, 0.15) is 33.1 Å². The SMILES string of the molecule is CC(C)CC(NCC1CCC=CO1)C(=O)N(C)C. The van der Waals surface area contributed by atoms with E-state index in [0.29, 0.717) is 5.92 Å². The minimum Gasteiger partial charge on any atom is -0.497 e. The first-order valence-electron chi connectivity index (χ1n) is 6.75. The Labute approximate surface area is 110 Å². The van der Waals surface area contributed by atoms with E-state index in [1.54, 1.807) is 25.3 Å². The molecule has 18 heavy (non-hydrogen) atoms. The van der Waals surface area contributed by atoms with Crippen LogP contribution in [0.2, 0.25) is 0 Å². The van der Waals surface area contributed by atoms with Crippen LogP contribution in [-0.2, 0) is 9.53 Å². The highest BCUT2D eigenvalue weighted by atomic mass is 16.5. The molecule has 1 aliphatic heterocycles. The van der Waals surface area contributed by atoms with Gasteiger partial charge in [-0.25, -0.2) is 0 Å². The van der Waals surface area contributed by atoms with Crippen LogP contribution in [0.15, 0.2) is 12.3 Å². The Hall–Kier alpha value is -1.03.